The van der Waals surface area contributed by atoms with Crippen LogP contribution in [-0.4, -0.2) is 17.9 Å². The van der Waals surface area contributed by atoms with Crippen molar-refractivity contribution in [3.05, 3.63) is 47.5 Å². The van der Waals surface area contributed by atoms with E-state index in [4.69, 9.17) is 4.74 Å². The second-order valence-electron chi connectivity index (χ2n) is 11.2. The zero-order valence-electron chi connectivity index (χ0n) is 20.3. The number of ketones is 1. The fraction of sp³-hybridized carbons (Fsp3) is 0.667. The molecule has 3 nitrogen and oxygen atoms in total. The summed E-state index contributed by atoms with van der Waals surface area (Å²) in [6.07, 6.45) is 15.8. The van der Waals surface area contributed by atoms with Crippen LogP contribution >= 0.6 is 0 Å². The number of rotatable bonds is 7. The first-order chi connectivity index (χ1) is 16.1. The summed E-state index contributed by atoms with van der Waals surface area (Å²) >= 11 is 0. The third-order valence-corrected chi connectivity index (χ3v) is 9.67. The van der Waals surface area contributed by atoms with Gasteiger partial charge in [0.15, 0.2) is 5.78 Å². The van der Waals surface area contributed by atoms with E-state index >= 15 is 0 Å². The lowest BCUT2D eigenvalue weighted by atomic mass is 9.51. The molecule has 3 heteroatoms. The minimum atomic E-state index is -0.0119. The van der Waals surface area contributed by atoms with Gasteiger partial charge in [-0.05, 0) is 93.1 Å². The molecular formula is C30H40O3. The maximum atomic E-state index is 12.9. The highest BCUT2D eigenvalue weighted by Crippen LogP contribution is 2.64. The van der Waals surface area contributed by atoms with Gasteiger partial charge in [0.25, 0.3) is 0 Å². The molecule has 0 saturated heterocycles. The molecule has 5 rings (SSSR count). The Morgan fingerprint density at radius 2 is 1.88 bits per heavy atom. The molecule has 0 bridgehead atoms. The van der Waals surface area contributed by atoms with Crippen LogP contribution in [-0.2, 0) is 20.7 Å². The van der Waals surface area contributed by atoms with Crippen molar-refractivity contribution in [2.24, 2.45) is 29.1 Å². The molecular weight excluding hydrogens is 408 g/mol. The lowest BCUT2D eigenvalue weighted by molar-refractivity contribution is -0.161. The van der Waals surface area contributed by atoms with Crippen LogP contribution in [0.25, 0.3) is 0 Å². The molecule has 33 heavy (non-hydrogen) atoms. The van der Waals surface area contributed by atoms with Crippen molar-refractivity contribution >= 4 is 11.8 Å². The predicted octanol–water partition coefficient (Wildman–Crippen LogP) is 6.84. The molecule has 3 fully saturated rings. The number of fused-ring (bicyclic) bond motifs is 5. The summed E-state index contributed by atoms with van der Waals surface area (Å²) in [6.45, 7) is 2.28. The summed E-state index contributed by atoms with van der Waals surface area (Å²) in [6, 6.07) is 10.3. The van der Waals surface area contributed by atoms with Crippen molar-refractivity contribution in [1.29, 1.82) is 0 Å². The largest absolute Gasteiger partial charge is 0.462 e. The summed E-state index contributed by atoms with van der Waals surface area (Å²) < 4.78 is 6.31. The first kappa shape index (κ1) is 22.9. The van der Waals surface area contributed by atoms with Crippen LogP contribution in [0, 0.1) is 29.1 Å². The van der Waals surface area contributed by atoms with Crippen molar-refractivity contribution < 1.29 is 14.3 Å². The third-order valence-electron chi connectivity index (χ3n) is 9.67. The molecule has 4 aliphatic carbocycles. The normalized spacial score (nSPS) is 35.2. The van der Waals surface area contributed by atoms with Crippen LogP contribution < -0.4 is 0 Å². The molecule has 0 spiro atoms. The summed E-state index contributed by atoms with van der Waals surface area (Å²) in [4.78, 5) is 24.9. The number of carbonyl (C=O) groups excluding carboxylic acids is 2. The second kappa shape index (κ2) is 9.76. The first-order valence-electron chi connectivity index (χ1n) is 13.6. The van der Waals surface area contributed by atoms with Gasteiger partial charge in [-0.25, -0.2) is 0 Å². The summed E-state index contributed by atoms with van der Waals surface area (Å²) in [7, 11) is 0. The third kappa shape index (κ3) is 4.45. The molecule has 0 N–H and O–H groups in total. The molecule has 6 atom stereocenters. The van der Waals surface area contributed by atoms with Crippen LogP contribution in [0.15, 0.2) is 42.0 Å². The Labute approximate surface area is 199 Å². The zero-order chi connectivity index (χ0) is 22.8. The monoisotopic (exact) mass is 448 g/mol. The summed E-state index contributed by atoms with van der Waals surface area (Å²) in [5.41, 5.74) is 2.85. The topological polar surface area (TPSA) is 43.4 Å². The van der Waals surface area contributed by atoms with Crippen LogP contribution in [0.3, 0.4) is 0 Å². The van der Waals surface area contributed by atoms with Gasteiger partial charge in [0.1, 0.15) is 6.10 Å². The van der Waals surface area contributed by atoms with Gasteiger partial charge in [0, 0.05) is 18.3 Å². The van der Waals surface area contributed by atoms with Gasteiger partial charge >= 0.3 is 5.97 Å². The number of hydrogen-bond acceptors (Lipinski definition) is 3. The molecule has 4 aliphatic rings. The van der Waals surface area contributed by atoms with E-state index in [9.17, 15) is 9.59 Å². The Balaban J connectivity index is 1.30. The quantitative estimate of drug-likeness (QED) is 0.429. The number of hydrogen-bond donors (Lipinski definition) is 0. The maximum absolute atomic E-state index is 12.9. The van der Waals surface area contributed by atoms with Crippen LogP contribution in [0.1, 0.15) is 89.5 Å². The molecule has 0 aromatic heterocycles. The number of carbonyl (C=O) groups is 2. The fourth-order valence-electron chi connectivity index (χ4n) is 8.21. The van der Waals surface area contributed by atoms with E-state index < -0.39 is 0 Å². The number of benzene rings is 1. The molecule has 178 valence electrons. The highest BCUT2D eigenvalue weighted by molar-refractivity contribution is 5.91. The molecule has 0 heterocycles. The predicted molar refractivity (Wildman–Crippen MR) is 131 cm³/mol. The minimum Gasteiger partial charge on any atom is -0.462 e. The zero-order valence-corrected chi connectivity index (χ0v) is 20.3. The van der Waals surface area contributed by atoms with Gasteiger partial charge in [-0.3, -0.25) is 9.59 Å². The molecule has 3 saturated carbocycles. The van der Waals surface area contributed by atoms with Crippen LogP contribution in [0.2, 0.25) is 0 Å². The van der Waals surface area contributed by atoms with Gasteiger partial charge in [-0.15, -0.1) is 0 Å². The van der Waals surface area contributed by atoms with E-state index in [0.717, 1.165) is 43.9 Å². The van der Waals surface area contributed by atoms with E-state index in [0.29, 0.717) is 24.0 Å². The molecule has 1 aromatic carbocycles. The highest BCUT2D eigenvalue weighted by atomic mass is 16.5. The average Bonchev–Trinajstić information content (AvgIpc) is 3.20. The number of esters is 1. The van der Waals surface area contributed by atoms with E-state index in [2.05, 4.69) is 19.1 Å². The molecule has 0 amide bonds. The highest BCUT2D eigenvalue weighted by Gasteiger charge is 2.59. The minimum absolute atomic E-state index is 0.0119. The van der Waals surface area contributed by atoms with Crippen LogP contribution in [0.4, 0.5) is 0 Å². The Morgan fingerprint density at radius 1 is 1.03 bits per heavy atom. The molecule has 0 unspecified atom stereocenters. The van der Waals surface area contributed by atoms with E-state index in [1.165, 1.54) is 56.1 Å². The number of unbranched alkanes of at least 4 members (excludes halogenated alkanes) is 1. The number of allylic oxidation sites excluding steroid dienone is 1. The number of aryl methyl sites for hydroxylation is 1. The molecule has 0 radical (unpaired) electrons. The van der Waals surface area contributed by atoms with Gasteiger partial charge in [0.2, 0.25) is 0 Å². The Hall–Kier alpha value is -1.90. The van der Waals surface area contributed by atoms with Crippen molar-refractivity contribution in [1.82, 2.24) is 0 Å². The lowest BCUT2D eigenvalue weighted by Crippen LogP contribution is -2.49. The summed E-state index contributed by atoms with van der Waals surface area (Å²) in [5.74, 6) is 3.15. The van der Waals surface area contributed by atoms with E-state index in [-0.39, 0.29) is 17.5 Å². The van der Waals surface area contributed by atoms with Crippen molar-refractivity contribution in [2.45, 2.75) is 96.5 Å². The lowest BCUT2D eigenvalue weighted by Gasteiger charge is -2.55. The van der Waals surface area contributed by atoms with Crippen LogP contribution in [0.5, 0.6) is 0 Å². The smallest absolute Gasteiger partial charge is 0.306 e. The number of ether oxygens (including phenoxy) is 1. The van der Waals surface area contributed by atoms with Gasteiger partial charge in [-0.2, -0.15) is 0 Å². The van der Waals surface area contributed by atoms with E-state index in [1.807, 2.05) is 24.3 Å². The SMILES string of the molecule is CCCC[C@]12CC[C@H]3[C@@H](CCC4=CC(=O)CC[C@@H]43)[C@@H]1CC[C@@H]2OC(=O)CCc1ccccc1. The van der Waals surface area contributed by atoms with Crippen molar-refractivity contribution in [2.75, 3.05) is 0 Å². The Bertz CT molecular complexity index is 887. The average molecular weight is 449 g/mol. The standard InChI is InChI=1S/C30H40O3/c1-2-3-18-30-19-17-25-24-13-11-23(31)20-22(24)10-12-26(25)27(30)14-15-28(30)33-29(32)16-9-21-7-5-4-6-8-21/h4-8,20,24-28H,2-3,9-19H2,1H3/t24-,25+,26+,27-,28-,30-/m0/s1. The first-order valence-corrected chi connectivity index (χ1v) is 13.6. The Morgan fingerprint density at radius 3 is 2.70 bits per heavy atom. The molecule has 1 aromatic rings. The van der Waals surface area contributed by atoms with Gasteiger partial charge in [0.05, 0.1) is 0 Å². The second-order valence-corrected chi connectivity index (χ2v) is 11.2. The molecule has 0 aliphatic heterocycles. The van der Waals surface area contributed by atoms with Crippen molar-refractivity contribution in [3.8, 4) is 0 Å². The van der Waals surface area contributed by atoms with Gasteiger partial charge in [-0.1, -0.05) is 55.7 Å². The van der Waals surface area contributed by atoms with Crippen molar-refractivity contribution in [3.63, 3.8) is 0 Å². The van der Waals surface area contributed by atoms with Gasteiger partial charge < -0.3 is 4.74 Å². The summed E-state index contributed by atoms with van der Waals surface area (Å²) in [5, 5.41) is 0. The van der Waals surface area contributed by atoms with E-state index in [1.54, 1.807) is 0 Å². The Kier molecular flexibility index (Phi) is 6.77. The fourth-order valence-corrected chi connectivity index (χ4v) is 8.21. The maximum Gasteiger partial charge on any atom is 0.306 e.